The molecule has 0 fully saturated rings. The monoisotopic (exact) mass is 477 g/mol. The molecule has 186 valence electrons. The fourth-order valence-corrected chi connectivity index (χ4v) is 4.82. The molecule has 0 radical (unpaired) electrons. The average molecular weight is 478 g/mol. The highest BCUT2D eigenvalue weighted by atomic mass is 16.5. The van der Waals surface area contributed by atoms with Crippen LogP contribution in [-0.2, 0) is 13.0 Å². The molecule has 0 saturated carbocycles. The fraction of sp³-hybridized carbons (Fsp3) is 0.429. The number of amides is 1. The van der Waals surface area contributed by atoms with Gasteiger partial charge in [0.05, 0.1) is 11.1 Å². The van der Waals surface area contributed by atoms with Gasteiger partial charge in [-0.3, -0.25) is 9.69 Å². The van der Waals surface area contributed by atoms with Gasteiger partial charge in [0.25, 0.3) is 5.91 Å². The van der Waals surface area contributed by atoms with Gasteiger partial charge in [-0.05, 0) is 53.5 Å². The third-order valence-corrected chi connectivity index (χ3v) is 6.47. The fourth-order valence-electron chi connectivity index (χ4n) is 4.82. The van der Waals surface area contributed by atoms with Crippen LogP contribution in [0.2, 0.25) is 0 Å². The largest absolute Gasteiger partial charge is 0.508 e. The number of phenolic OH excluding ortho intramolecular Hbond substituents is 2. The number of aromatic nitrogens is 1. The molecule has 0 spiro atoms. The van der Waals surface area contributed by atoms with Crippen LogP contribution in [0.15, 0.2) is 34.9 Å². The third kappa shape index (κ3) is 5.05. The number of nitrogens with one attached hydrogen (secondary N) is 1. The number of carbonyl (C=O) groups excluding carboxylic acids is 1. The molecule has 0 aliphatic carbocycles. The van der Waals surface area contributed by atoms with E-state index < -0.39 is 0 Å². The SMILES string of the molecule is CCNC(=O)c1noc(-c2cc(C(C)C)c(O)cc2O)c1-c1ccc2c(c1)CCN(CC(C)C)C2. The Morgan fingerprint density at radius 1 is 1.11 bits per heavy atom. The van der Waals surface area contributed by atoms with Gasteiger partial charge in [0.15, 0.2) is 11.5 Å². The summed E-state index contributed by atoms with van der Waals surface area (Å²) in [5.74, 6) is 0.508. The number of aromatic hydroxyl groups is 2. The molecule has 1 amide bonds. The zero-order valence-electron chi connectivity index (χ0n) is 21.2. The second-order valence-electron chi connectivity index (χ2n) is 10.0. The van der Waals surface area contributed by atoms with Crippen molar-refractivity contribution in [3.05, 3.63) is 52.7 Å². The second-order valence-corrected chi connectivity index (χ2v) is 10.0. The van der Waals surface area contributed by atoms with Crippen LogP contribution in [0.4, 0.5) is 0 Å². The highest BCUT2D eigenvalue weighted by Gasteiger charge is 2.28. The minimum absolute atomic E-state index is 0.0194. The summed E-state index contributed by atoms with van der Waals surface area (Å²) in [7, 11) is 0. The van der Waals surface area contributed by atoms with Gasteiger partial charge in [-0.1, -0.05) is 51.1 Å². The van der Waals surface area contributed by atoms with E-state index in [2.05, 4.69) is 41.4 Å². The van der Waals surface area contributed by atoms with E-state index in [9.17, 15) is 15.0 Å². The van der Waals surface area contributed by atoms with Crippen LogP contribution in [0.1, 0.15) is 67.7 Å². The summed E-state index contributed by atoms with van der Waals surface area (Å²) in [4.78, 5) is 15.4. The molecule has 2 aromatic carbocycles. The molecule has 0 atom stereocenters. The van der Waals surface area contributed by atoms with Crippen molar-refractivity contribution in [2.45, 2.75) is 53.5 Å². The van der Waals surface area contributed by atoms with Crippen molar-refractivity contribution in [2.75, 3.05) is 19.6 Å². The van der Waals surface area contributed by atoms with E-state index in [1.54, 1.807) is 6.07 Å². The lowest BCUT2D eigenvalue weighted by atomic mass is 9.91. The molecular formula is C28H35N3O4. The van der Waals surface area contributed by atoms with Crippen LogP contribution in [0, 0.1) is 5.92 Å². The van der Waals surface area contributed by atoms with Gasteiger partial charge in [0.2, 0.25) is 0 Å². The Hall–Kier alpha value is -3.32. The van der Waals surface area contributed by atoms with E-state index in [4.69, 9.17) is 4.52 Å². The number of carbonyl (C=O) groups is 1. The maximum absolute atomic E-state index is 12.9. The Bertz CT molecular complexity index is 1230. The summed E-state index contributed by atoms with van der Waals surface area (Å²) in [6.07, 6.45) is 0.926. The Morgan fingerprint density at radius 2 is 1.89 bits per heavy atom. The Labute approximate surface area is 206 Å². The van der Waals surface area contributed by atoms with E-state index in [0.29, 0.717) is 34.9 Å². The lowest BCUT2D eigenvalue weighted by Crippen LogP contribution is -2.33. The van der Waals surface area contributed by atoms with Crippen LogP contribution in [0.5, 0.6) is 11.5 Å². The number of hydrogen-bond acceptors (Lipinski definition) is 6. The van der Waals surface area contributed by atoms with E-state index in [1.165, 1.54) is 17.2 Å². The first kappa shape index (κ1) is 24.8. The smallest absolute Gasteiger partial charge is 0.274 e. The second kappa shape index (κ2) is 10.1. The zero-order chi connectivity index (χ0) is 25.3. The van der Waals surface area contributed by atoms with Crippen LogP contribution in [0.25, 0.3) is 22.5 Å². The van der Waals surface area contributed by atoms with Crippen molar-refractivity contribution in [1.29, 1.82) is 0 Å². The molecule has 0 saturated heterocycles. The summed E-state index contributed by atoms with van der Waals surface area (Å²) in [5.41, 5.74) is 5.14. The van der Waals surface area contributed by atoms with Crippen molar-refractivity contribution in [1.82, 2.24) is 15.4 Å². The molecule has 0 unspecified atom stereocenters. The summed E-state index contributed by atoms with van der Waals surface area (Å²) in [6.45, 7) is 13.7. The van der Waals surface area contributed by atoms with Crippen LogP contribution in [0.3, 0.4) is 0 Å². The van der Waals surface area contributed by atoms with Crippen LogP contribution < -0.4 is 5.32 Å². The van der Waals surface area contributed by atoms with E-state index in [-0.39, 0.29) is 29.0 Å². The number of hydrogen-bond donors (Lipinski definition) is 3. The average Bonchev–Trinajstić information content (AvgIpc) is 3.23. The normalized spacial score (nSPS) is 13.9. The van der Waals surface area contributed by atoms with Gasteiger partial charge in [0, 0.05) is 32.2 Å². The van der Waals surface area contributed by atoms with Crippen molar-refractivity contribution >= 4 is 5.91 Å². The molecular weight excluding hydrogens is 442 g/mol. The topological polar surface area (TPSA) is 98.8 Å². The highest BCUT2D eigenvalue weighted by molar-refractivity contribution is 6.02. The minimum Gasteiger partial charge on any atom is -0.508 e. The summed E-state index contributed by atoms with van der Waals surface area (Å²) >= 11 is 0. The molecule has 7 nitrogen and oxygen atoms in total. The van der Waals surface area contributed by atoms with Crippen molar-refractivity contribution in [3.8, 4) is 33.9 Å². The van der Waals surface area contributed by atoms with Crippen molar-refractivity contribution in [2.24, 2.45) is 5.92 Å². The third-order valence-electron chi connectivity index (χ3n) is 6.47. The van der Waals surface area contributed by atoms with E-state index in [0.717, 1.165) is 31.6 Å². The molecule has 1 aliphatic heterocycles. The molecule has 4 rings (SSSR count). The predicted molar refractivity (Wildman–Crippen MR) is 137 cm³/mol. The van der Waals surface area contributed by atoms with Crippen LogP contribution >= 0.6 is 0 Å². The first-order chi connectivity index (χ1) is 16.7. The van der Waals surface area contributed by atoms with Crippen molar-refractivity contribution in [3.63, 3.8) is 0 Å². The minimum atomic E-state index is -0.333. The summed E-state index contributed by atoms with van der Waals surface area (Å²) in [6, 6.07) is 9.26. The van der Waals surface area contributed by atoms with Gasteiger partial charge < -0.3 is 20.1 Å². The Morgan fingerprint density at radius 3 is 2.57 bits per heavy atom. The molecule has 3 aromatic rings. The first-order valence-electron chi connectivity index (χ1n) is 12.4. The Balaban J connectivity index is 1.83. The maximum atomic E-state index is 12.9. The Kier molecular flexibility index (Phi) is 7.17. The molecule has 1 aliphatic rings. The number of nitrogens with zero attached hydrogens (tertiary/aromatic N) is 2. The predicted octanol–water partition coefficient (Wildman–Crippen LogP) is 5.31. The summed E-state index contributed by atoms with van der Waals surface area (Å²) in [5, 5.41) is 27.9. The van der Waals surface area contributed by atoms with Gasteiger partial charge in [-0.2, -0.15) is 0 Å². The molecule has 7 heteroatoms. The number of phenols is 2. The molecule has 2 heterocycles. The number of fused-ring (bicyclic) bond motifs is 1. The number of benzene rings is 2. The van der Waals surface area contributed by atoms with E-state index >= 15 is 0 Å². The zero-order valence-corrected chi connectivity index (χ0v) is 21.2. The van der Waals surface area contributed by atoms with Gasteiger partial charge in [-0.15, -0.1) is 0 Å². The molecule has 3 N–H and O–H groups in total. The van der Waals surface area contributed by atoms with Crippen LogP contribution in [-0.4, -0.2) is 45.8 Å². The molecule has 1 aromatic heterocycles. The standard InChI is InChI=1S/C28H35N3O4/c1-6-29-28(34)26-25(19-7-8-20-15-31(14-16(2)3)10-9-18(20)11-19)27(35-30-26)22-12-21(17(4)5)23(32)13-24(22)33/h7-8,11-13,16-17,32-33H,6,9-10,14-15H2,1-5H3,(H,29,34). The molecule has 0 bridgehead atoms. The lowest BCUT2D eigenvalue weighted by molar-refractivity contribution is 0.0947. The molecule has 35 heavy (non-hydrogen) atoms. The lowest BCUT2D eigenvalue weighted by Gasteiger charge is -2.30. The van der Waals surface area contributed by atoms with E-state index in [1.807, 2.05) is 26.8 Å². The number of rotatable bonds is 7. The first-order valence-corrected chi connectivity index (χ1v) is 12.4. The van der Waals surface area contributed by atoms with Gasteiger partial charge >= 0.3 is 0 Å². The quantitative estimate of drug-likeness (QED) is 0.427. The van der Waals surface area contributed by atoms with Crippen molar-refractivity contribution < 1.29 is 19.5 Å². The summed E-state index contributed by atoms with van der Waals surface area (Å²) < 4.78 is 5.70. The highest BCUT2D eigenvalue weighted by Crippen LogP contribution is 2.43. The van der Waals surface area contributed by atoms with Gasteiger partial charge in [0.1, 0.15) is 11.5 Å². The van der Waals surface area contributed by atoms with Gasteiger partial charge in [-0.25, -0.2) is 0 Å². The maximum Gasteiger partial charge on any atom is 0.274 e.